The average molecular weight is 232 g/mol. The number of esters is 1. The smallest absolute Gasteiger partial charge is 0.315 e. The van der Waals surface area contributed by atoms with Gasteiger partial charge < -0.3 is 4.74 Å². The van der Waals surface area contributed by atoms with Crippen molar-refractivity contribution in [2.24, 2.45) is 29.1 Å². The van der Waals surface area contributed by atoms with Crippen LogP contribution in [-0.4, -0.2) is 18.9 Å². The number of allylic oxidation sites excluding steroid dienone is 3. The lowest BCUT2D eigenvalue weighted by Crippen LogP contribution is -2.46. The minimum absolute atomic E-state index is 0.0147. The molecule has 0 heterocycles. The highest BCUT2D eigenvalue weighted by Gasteiger charge is 2.58. The Hall–Kier alpha value is -1.38. The van der Waals surface area contributed by atoms with E-state index in [4.69, 9.17) is 4.74 Å². The normalized spacial score (nSPS) is 46.1. The molecule has 0 N–H and O–H groups in total. The average Bonchev–Trinajstić information content (AvgIpc) is 2.94. The van der Waals surface area contributed by atoms with E-state index in [9.17, 15) is 9.59 Å². The lowest BCUT2D eigenvalue weighted by molar-refractivity contribution is -0.154. The number of ketones is 1. The van der Waals surface area contributed by atoms with Crippen LogP contribution in [-0.2, 0) is 14.3 Å². The third-order valence-corrected chi connectivity index (χ3v) is 4.70. The molecule has 0 spiro atoms. The minimum atomic E-state index is -0.641. The predicted molar refractivity (Wildman–Crippen MR) is 62.0 cm³/mol. The van der Waals surface area contributed by atoms with E-state index in [0.29, 0.717) is 11.8 Å². The Morgan fingerprint density at radius 3 is 2.82 bits per heavy atom. The highest BCUT2D eigenvalue weighted by Crippen LogP contribution is 2.57. The molecule has 0 aromatic rings. The molecule has 5 atom stereocenters. The Bertz CT molecular complexity index is 448. The van der Waals surface area contributed by atoms with Crippen LogP contribution >= 0.6 is 0 Å². The van der Waals surface area contributed by atoms with Crippen molar-refractivity contribution >= 4 is 11.8 Å². The summed E-state index contributed by atoms with van der Waals surface area (Å²) in [7, 11) is 1.41. The highest BCUT2D eigenvalue weighted by atomic mass is 16.5. The minimum Gasteiger partial charge on any atom is -0.468 e. The lowest BCUT2D eigenvalue weighted by Gasteiger charge is -2.40. The van der Waals surface area contributed by atoms with Gasteiger partial charge in [-0.25, -0.2) is 0 Å². The van der Waals surface area contributed by atoms with Crippen LogP contribution in [0.3, 0.4) is 0 Å². The Labute approximate surface area is 101 Å². The van der Waals surface area contributed by atoms with Crippen LogP contribution in [0.25, 0.3) is 0 Å². The van der Waals surface area contributed by atoms with Crippen molar-refractivity contribution in [2.75, 3.05) is 7.11 Å². The summed E-state index contributed by atoms with van der Waals surface area (Å²) < 4.78 is 4.92. The first kappa shape index (κ1) is 10.8. The molecule has 3 nitrogen and oxygen atoms in total. The summed E-state index contributed by atoms with van der Waals surface area (Å²) in [5.74, 6) is 0.696. The van der Waals surface area contributed by atoms with Crippen molar-refractivity contribution in [1.82, 2.24) is 0 Å². The number of rotatable bonds is 1. The Morgan fingerprint density at radius 1 is 1.41 bits per heavy atom. The van der Waals surface area contributed by atoms with Gasteiger partial charge in [0.2, 0.25) is 0 Å². The maximum absolute atomic E-state index is 12.0. The van der Waals surface area contributed by atoms with Gasteiger partial charge >= 0.3 is 5.97 Å². The molecule has 1 fully saturated rings. The second-order valence-corrected chi connectivity index (χ2v) is 5.51. The fourth-order valence-electron chi connectivity index (χ4n) is 3.93. The van der Waals surface area contributed by atoms with E-state index >= 15 is 0 Å². The van der Waals surface area contributed by atoms with Gasteiger partial charge in [-0.3, -0.25) is 9.59 Å². The van der Waals surface area contributed by atoms with Crippen LogP contribution < -0.4 is 0 Å². The lowest BCUT2D eigenvalue weighted by atomic mass is 9.62. The fraction of sp³-hybridized carbons (Fsp3) is 0.571. The first-order chi connectivity index (χ1) is 8.08. The topological polar surface area (TPSA) is 43.4 Å². The molecule has 0 aromatic heterocycles. The Kier molecular flexibility index (Phi) is 2.09. The van der Waals surface area contributed by atoms with Gasteiger partial charge in [0.25, 0.3) is 0 Å². The zero-order valence-electron chi connectivity index (χ0n) is 10.1. The Balaban J connectivity index is 2.07. The number of ether oxygens (including phenoxy) is 1. The van der Waals surface area contributed by atoms with E-state index in [-0.39, 0.29) is 23.6 Å². The first-order valence-electron chi connectivity index (χ1n) is 6.08. The number of hydrogen-bond acceptors (Lipinski definition) is 3. The van der Waals surface area contributed by atoms with E-state index in [1.807, 2.05) is 6.92 Å². The molecule has 3 aliphatic carbocycles. The number of carbonyl (C=O) groups excluding carboxylic acids is 2. The summed E-state index contributed by atoms with van der Waals surface area (Å²) in [4.78, 5) is 24.0. The van der Waals surface area contributed by atoms with Crippen LogP contribution in [0.2, 0.25) is 0 Å². The van der Waals surface area contributed by atoms with E-state index in [0.717, 1.165) is 6.42 Å². The molecular formula is C14H16O3. The Morgan fingerprint density at radius 2 is 2.12 bits per heavy atom. The van der Waals surface area contributed by atoms with Gasteiger partial charge in [0.1, 0.15) is 0 Å². The molecule has 0 unspecified atom stereocenters. The molecule has 17 heavy (non-hydrogen) atoms. The highest BCUT2D eigenvalue weighted by molar-refractivity contribution is 5.97. The molecule has 0 saturated heterocycles. The second-order valence-electron chi connectivity index (χ2n) is 5.51. The molecule has 0 amide bonds. The monoisotopic (exact) mass is 232 g/mol. The molecule has 0 aromatic carbocycles. The third kappa shape index (κ3) is 1.22. The second kappa shape index (κ2) is 3.31. The van der Waals surface area contributed by atoms with Gasteiger partial charge in [0.15, 0.2) is 5.78 Å². The zero-order valence-corrected chi connectivity index (χ0v) is 10.1. The summed E-state index contributed by atoms with van der Waals surface area (Å²) in [5.41, 5.74) is -0.641. The quantitative estimate of drug-likeness (QED) is 0.511. The van der Waals surface area contributed by atoms with Crippen LogP contribution in [0.5, 0.6) is 0 Å². The van der Waals surface area contributed by atoms with Crippen molar-refractivity contribution < 1.29 is 14.3 Å². The molecule has 2 bridgehead atoms. The van der Waals surface area contributed by atoms with E-state index in [2.05, 4.69) is 12.2 Å². The van der Waals surface area contributed by atoms with Gasteiger partial charge in [-0.15, -0.1) is 0 Å². The molecule has 3 rings (SSSR count). The van der Waals surface area contributed by atoms with Gasteiger partial charge in [-0.1, -0.05) is 18.2 Å². The van der Waals surface area contributed by atoms with Crippen molar-refractivity contribution in [3.8, 4) is 0 Å². The van der Waals surface area contributed by atoms with E-state index in [1.165, 1.54) is 7.11 Å². The predicted octanol–water partition coefficient (Wildman–Crippen LogP) is 1.74. The molecule has 3 aliphatic rings. The van der Waals surface area contributed by atoms with E-state index in [1.54, 1.807) is 12.2 Å². The number of methoxy groups -OCH3 is 1. The molecule has 90 valence electrons. The van der Waals surface area contributed by atoms with Gasteiger partial charge in [-0.05, 0) is 37.2 Å². The summed E-state index contributed by atoms with van der Waals surface area (Å²) in [6.45, 7) is 1.90. The van der Waals surface area contributed by atoms with Gasteiger partial charge in [0, 0.05) is 5.92 Å². The first-order valence-corrected chi connectivity index (χ1v) is 6.08. The third-order valence-electron chi connectivity index (χ3n) is 4.70. The number of hydrogen-bond donors (Lipinski definition) is 0. The maximum atomic E-state index is 12.0. The standard InChI is InChI=1S/C14H16O3/c1-14(13(16)17-2)6-5-10(15)11-8-3-4-9(7-8)12(11)14/h3-6,8-9,11-12H,7H2,1-2H3/t8-,9+,11+,12+,14+/m0/s1. The SMILES string of the molecule is COC(=O)[C@]1(C)C=CC(=O)[C@@H]2[C@H]1[C@@H]1C=C[C@H]2C1. The maximum Gasteiger partial charge on any atom is 0.315 e. The molecular weight excluding hydrogens is 216 g/mol. The van der Waals surface area contributed by atoms with Crippen molar-refractivity contribution in [2.45, 2.75) is 13.3 Å². The molecule has 3 heteroatoms. The summed E-state index contributed by atoms with van der Waals surface area (Å²) in [5, 5.41) is 0. The zero-order chi connectivity index (χ0) is 12.2. The van der Waals surface area contributed by atoms with E-state index < -0.39 is 5.41 Å². The molecule has 1 saturated carbocycles. The van der Waals surface area contributed by atoms with Crippen LogP contribution in [0, 0.1) is 29.1 Å². The van der Waals surface area contributed by atoms with Crippen molar-refractivity contribution in [1.29, 1.82) is 0 Å². The summed E-state index contributed by atoms with van der Waals surface area (Å²) in [6, 6.07) is 0. The van der Waals surface area contributed by atoms with Crippen molar-refractivity contribution in [3.63, 3.8) is 0 Å². The number of fused-ring (bicyclic) bond motifs is 5. The van der Waals surface area contributed by atoms with Crippen molar-refractivity contribution in [3.05, 3.63) is 24.3 Å². The fourth-order valence-corrected chi connectivity index (χ4v) is 3.93. The molecule has 0 aliphatic heterocycles. The van der Waals surface area contributed by atoms with Crippen LogP contribution in [0.4, 0.5) is 0 Å². The van der Waals surface area contributed by atoms with Crippen LogP contribution in [0.1, 0.15) is 13.3 Å². The van der Waals surface area contributed by atoms with Gasteiger partial charge in [-0.2, -0.15) is 0 Å². The van der Waals surface area contributed by atoms with Gasteiger partial charge in [0.05, 0.1) is 12.5 Å². The summed E-state index contributed by atoms with van der Waals surface area (Å²) in [6.07, 6.45) is 8.64. The number of carbonyl (C=O) groups is 2. The summed E-state index contributed by atoms with van der Waals surface area (Å²) >= 11 is 0. The largest absolute Gasteiger partial charge is 0.468 e. The molecule has 0 radical (unpaired) electrons. The van der Waals surface area contributed by atoms with Crippen LogP contribution in [0.15, 0.2) is 24.3 Å².